The number of benzene rings is 1. The first-order valence-corrected chi connectivity index (χ1v) is 5.38. The zero-order valence-corrected chi connectivity index (χ0v) is 9.94. The minimum Gasteiger partial charge on any atom is -0.475 e. The van der Waals surface area contributed by atoms with Crippen LogP contribution in [0.3, 0.4) is 0 Å². The number of hydrogen-bond acceptors (Lipinski definition) is 3. The lowest BCUT2D eigenvalue weighted by molar-refractivity contribution is 0.0660. The van der Waals surface area contributed by atoms with Crippen LogP contribution in [-0.4, -0.2) is 17.0 Å². The number of nitrogens with one attached hydrogen (secondary N) is 1. The molecule has 2 aromatic rings. The average Bonchev–Trinajstić information content (AvgIpc) is 2.84. The molecular formula is C13H10FNO4. The summed E-state index contributed by atoms with van der Waals surface area (Å²) in [5.74, 6) is -2.83. The summed E-state index contributed by atoms with van der Waals surface area (Å²) in [5, 5.41) is 11.1. The summed E-state index contributed by atoms with van der Waals surface area (Å²) in [6, 6.07) is 6.70. The molecule has 98 valence electrons. The second-order valence-electron chi connectivity index (χ2n) is 3.84. The monoisotopic (exact) mass is 263 g/mol. The highest BCUT2D eigenvalue weighted by Gasteiger charge is 2.16. The van der Waals surface area contributed by atoms with Gasteiger partial charge in [0.2, 0.25) is 5.76 Å². The van der Waals surface area contributed by atoms with Gasteiger partial charge >= 0.3 is 5.97 Å². The van der Waals surface area contributed by atoms with Gasteiger partial charge in [-0.2, -0.15) is 0 Å². The molecule has 0 radical (unpaired) electrons. The van der Waals surface area contributed by atoms with E-state index in [1.807, 2.05) is 0 Å². The van der Waals surface area contributed by atoms with Crippen molar-refractivity contribution in [3.63, 3.8) is 0 Å². The topological polar surface area (TPSA) is 79.5 Å². The number of halogens is 1. The van der Waals surface area contributed by atoms with Crippen molar-refractivity contribution in [3.8, 4) is 0 Å². The quantitative estimate of drug-likeness (QED) is 0.892. The summed E-state index contributed by atoms with van der Waals surface area (Å²) >= 11 is 0. The van der Waals surface area contributed by atoms with E-state index >= 15 is 0 Å². The minimum atomic E-state index is -1.26. The fourth-order valence-corrected chi connectivity index (χ4v) is 1.50. The van der Waals surface area contributed by atoms with E-state index in [4.69, 9.17) is 9.52 Å². The standard InChI is InChI=1S/C13H10FNO4/c1-7-8(14)3-2-4-9(7)15-12(16)10-5-6-11(19-10)13(17)18/h2-6H,1H3,(H,15,16)(H,17,18). The van der Waals surface area contributed by atoms with Crippen molar-refractivity contribution in [1.29, 1.82) is 0 Å². The van der Waals surface area contributed by atoms with Crippen LogP contribution in [0.25, 0.3) is 0 Å². The Balaban J connectivity index is 2.21. The fraction of sp³-hybridized carbons (Fsp3) is 0.0769. The smallest absolute Gasteiger partial charge is 0.371 e. The van der Waals surface area contributed by atoms with Gasteiger partial charge in [-0.15, -0.1) is 0 Å². The minimum absolute atomic E-state index is 0.152. The van der Waals surface area contributed by atoms with Crippen molar-refractivity contribution < 1.29 is 23.5 Å². The molecule has 0 saturated heterocycles. The number of furan rings is 1. The number of amides is 1. The van der Waals surface area contributed by atoms with Gasteiger partial charge in [-0.05, 0) is 31.2 Å². The van der Waals surface area contributed by atoms with Gasteiger partial charge in [0.05, 0.1) is 0 Å². The number of rotatable bonds is 3. The van der Waals surface area contributed by atoms with Crippen LogP contribution in [0.15, 0.2) is 34.7 Å². The second-order valence-corrected chi connectivity index (χ2v) is 3.84. The summed E-state index contributed by atoms with van der Waals surface area (Å²) in [6.07, 6.45) is 0. The van der Waals surface area contributed by atoms with Crippen LogP contribution in [0.5, 0.6) is 0 Å². The SMILES string of the molecule is Cc1c(F)cccc1NC(=O)c1ccc(C(=O)O)o1. The van der Waals surface area contributed by atoms with E-state index in [-0.39, 0.29) is 11.5 Å². The second kappa shape index (κ2) is 4.93. The number of carboxylic acids is 1. The van der Waals surface area contributed by atoms with Crippen LogP contribution >= 0.6 is 0 Å². The summed E-state index contributed by atoms with van der Waals surface area (Å²) < 4.78 is 18.1. The summed E-state index contributed by atoms with van der Waals surface area (Å²) in [7, 11) is 0. The predicted molar refractivity (Wildman–Crippen MR) is 64.8 cm³/mol. The van der Waals surface area contributed by atoms with Gasteiger partial charge < -0.3 is 14.8 Å². The number of aromatic carboxylic acids is 1. The fourth-order valence-electron chi connectivity index (χ4n) is 1.50. The van der Waals surface area contributed by atoms with Crippen molar-refractivity contribution in [2.24, 2.45) is 0 Å². The van der Waals surface area contributed by atoms with E-state index in [2.05, 4.69) is 5.32 Å². The molecule has 0 aliphatic carbocycles. The zero-order valence-electron chi connectivity index (χ0n) is 9.94. The van der Waals surface area contributed by atoms with E-state index in [0.29, 0.717) is 11.3 Å². The van der Waals surface area contributed by atoms with Crippen molar-refractivity contribution in [2.75, 3.05) is 5.32 Å². The Morgan fingerprint density at radius 3 is 2.53 bits per heavy atom. The van der Waals surface area contributed by atoms with Gasteiger partial charge in [-0.1, -0.05) is 6.07 Å². The Labute approximate surface area is 107 Å². The Morgan fingerprint density at radius 2 is 1.89 bits per heavy atom. The van der Waals surface area contributed by atoms with Gasteiger partial charge in [-0.25, -0.2) is 9.18 Å². The molecule has 0 unspecified atom stereocenters. The number of anilines is 1. The Kier molecular flexibility index (Phi) is 3.33. The highest BCUT2D eigenvalue weighted by molar-refractivity contribution is 6.03. The average molecular weight is 263 g/mol. The predicted octanol–water partition coefficient (Wildman–Crippen LogP) is 2.68. The Bertz CT molecular complexity index is 648. The van der Waals surface area contributed by atoms with E-state index in [9.17, 15) is 14.0 Å². The molecule has 1 amide bonds. The number of carbonyl (C=O) groups excluding carboxylic acids is 1. The van der Waals surface area contributed by atoms with Gasteiger partial charge in [0.1, 0.15) is 5.82 Å². The third-order valence-electron chi connectivity index (χ3n) is 2.56. The van der Waals surface area contributed by atoms with Crippen LogP contribution in [0.1, 0.15) is 26.7 Å². The molecule has 6 heteroatoms. The largest absolute Gasteiger partial charge is 0.475 e. The molecule has 1 aromatic carbocycles. The number of hydrogen-bond donors (Lipinski definition) is 2. The molecule has 0 bridgehead atoms. The highest BCUT2D eigenvalue weighted by atomic mass is 19.1. The molecule has 2 rings (SSSR count). The first kappa shape index (κ1) is 12.8. The van der Waals surface area contributed by atoms with Crippen LogP contribution < -0.4 is 5.32 Å². The molecular weight excluding hydrogens is 253 g/mol. The third kappa shape index (κ3) is 2.62. The van der Waals surface area contributed by atoms with Crippen molar-refractivity contribution >= 4 is 17.6 Å². The lowest BCUT2D eigenvalue weighted by Crippen LogP contribution is -2.12. The lowest BCUT2D eigenvalue weighted by Gasteiger charge is -2.07. The first-order valence-electron chi connectivity index (χ1n) is 5.38. The normalized spacial score (nSPS) is 10.2. The summed E-state index contributed by atoms with van der Waals surface area (Å²) in [6.45, 7) is 1.52. The molecule has 0 aliphatic heterocycles. The highest BCUT2D eigenvalue weighted by Crippen LogP contribution is 2.19. The molecule has 19 heavy (non-hydrogen) atoms. The van der Waals surface area contributed by atoms with Crippen LogP contribution in [0.4, 0.5) is 10.1 Å². The van der Waals surface area contributed by atoms with Gasteiger partial charge in [0, 0.05) is 11.3 Å². The molecule has 5 nitrogen and oxygen atoms in total. The summed E-state index contributed by atoms with van der Waals surface area (Å²) in [4.78, 5) is 22.4. The molecule has 1 heterocycles. The van der Waals surface area contributed by atoms with Gasteiger partial charge in [0.15, 0.2) is 5.76 Å². The zero-order chi connectivity index (χ0) is 14.0. The van der Waals surface area contributed by atoms with Crippen LogP contribution in [0.2, 0.25) is 0 Å². The van der Waals surface area contributed by atoms with E-state index in [1.54, 1.807) is 0 Å². The Morgan fingerprint density at radius 1 is 1.21 bits per heavy atom. The molecule has 0 saturated carbocycles. The van der Waals surface area contributed by atoms with E-state index < -0.39 is 17.7 Å². The lowest BCUT2D eigenvalue weighted by atomic mass is 10.2. The molecule has 0 atom stereocenters. The van der Waals surface area contributed by atoms with Gasteiger partial charge in [-0.3, -0.25) is 4.79 Å². The summed E-state index contributed by atoms with van der Waals surface area (Å²) in [5.41, 5.74) is 0.596. The van der Waals surface area contributed by atoms with Crippen LogP contribution in [0, 0.1) is 12.7 Å². The van der Waals surface area contributed by atoms with Gasteiger partial charge in [0.25, 0.3) is 5.91 Å². The van der Waals surface area contributed by atoms with Crippen LogP contribution in [-0.2, 0) is 0 Å². The third-order valence-corrected chi connectivity index (χ3v) is 2.56. The first-order chi connectivity index (χ1) is 8.99. The van der Waals surface area contributed by atoms with E-state index in [0.717, 1.165) is 0 Å². The number of carboxylic acid groups (broad SMARTS) is 1. The Hall–Kier alpha value is -2.63. The maximum absolute atomic E-state index is 13.3. The molecule has 0 spiro atoms. The molecule has 2 N–H and O–H groups in total. The molecule has 0 fully saturated rings. The molecule has 0 aliphatic rings. The van der Waals surface area contributed by atoms with Crippen molar-refractivity contribution in [3.05, 3.63) is 53.2 Å². The van der Waals surface area contributed by atoms with Crippen molar-refractivity contribution in [2.45, 2.75) is 6.92 Å². The number of carbonyl (C=O) groups is 2. The van der Waals surface area contributed by atoms with Crippen molar-refractivity contribution in [1.82, 2.24) is 0 Å². The maximum Gasteiger partial charge on any atom is 0.371 e. The van der Waals surface area contributed by atoms with E-state index in [1.165, 1.54) is 37.3 Å². The molecule has 1 aromatic heterocycles. The maximum atomic E-state index is 13.3.